The number of carbonyl (C=O) groups excluding carboxylic acids is 2. The molecule has 1 saturated heterocycles. The van der Waals surface area contributed by atoms with Gasteiger partial charge < -0.3 is 24.1 Å². The summed E-state index contributed by atoms with van der Waals surface area (Å²) in [6.07, 6.45) is -2.99. The summed E-state index contributed by atoms with van der Waals surface area (Å²) in [6, 6.07) is 29.5. The van der Waals surface area contributed by atoms with E-state index >= 15 is 4.79 Å². The monoisotopic (exact) mass is 736 g/mol. The van der Waals surface area contributed by atoms with Crippen molar-refractivity contribution >= 4 is 30.4 Å². The standard InChI is InChI=1S/C45H56O7Si/c1-28-26-45(49)39(51-40(48)30-19-13-10-14-20-30)37-43(8)27-50-33(43)25-34(44(37,9)38(47)36(46)35(29(28)2)42(45,6)7)52-53(41(3,4)5,31-21-15-11-16-22-31)32-23-17-12-18-24-32/h10-24,28,33-34,37-39,47,49H,25-27H2,1-9H3/t28-,33+,34-,37+,38-,39-,43+,44+,45+/m0/s1. The van der Waals surface area contributed by atoms with Crippen LogP contribution in [0.15, 0.2) is 102 Å². The van der Waals surface area contributed by atoms with Crippen LogP contribution < -0.4 is 10.4 Å². The Bertz CT molecular complexity index is 1860. The number of ketones is 1. The average Bonchev–Trinajstić information content (AvgIpc) is 3.12. The number of hydrogen-bond donors (Lipinski definition) is 2. The van der Waals surface area contributed by atoms with Gasteiger partial charge in [0.2, 0.25) is 0 Å². The highest BCUT2D eigenvalue weighted by Gasteiger charge is 2.75. The van der Waals surface area contributed by atoms with E-state index in [1.165, 1.54) is 0 Å². The fourth-order valence-corrected chi connectivity index (χ4v) is 15.8. The van der Waals surface area contributed by atoms with Crippen molar-refractivity contribution in [3.8, 4) is 0 Å². The molecule has 2 bridgehead atoms. The maximum Gasteiger partial charge on any atom is 0.338 e. The van der Waals surface area contributed by atoms with E-state index in [0.717, 1.165) is 15.9 Å². The zero-order chi connectivity index (χ0) is 38.4. The number of benzene rings is 3. The second kappa shape index (κ2) is 12.8. The Morgan fingerprint density at radius 3 is 1.91 bits per heavy atom. The van der Waals surface area contributed by atoms with Gasteiger partial charge in [-0.25, -0.2) is 4.79 Å². The van der Waals surface area contributed by atoms with Gasteiger partial charge in [-0.15, -0.1) is 0 Å². The van der Waals surface area contributed by atoms with E-state index in [2.05, 4.69) is 52.0 Å². The van der Waals surface area contributed by atoms with Crippen LogP contribution in [-0.2, 0) is 18.7 Å². The predicted octanol–water partition coefficient (Wildman–Crippen LogP) is 6.65. The summed E-state index contributed by atoms with van der Waals surface area (Å²) in [4.78, 5) is 29.5. The molecule has 0 amide bonds. The largest absolute Gasteiger partial charge is 0.455 e. The predicted molar refractivity (Wildman–Crippen MR) is 208 cm³/mol. The Hall–Kier alpha value is -3.40. The molecule has 53 heavy (non-hydrogen) atoms. The second-order valence-electron chi connectivity index (χ2n) is 18.3. The molecule has 0 radical (unpaired) electrons. The number of aliphatic hydroxyl groups excluding tert-OH is 1. The molecule has 0 aromatic heterocycles. The Labute approximate surface area is 315 Å². The number of carbonyl (C=O) groups is 2. The Morgan fingerprint density at radius 1 is 0.887 bits per heavy atom. The van der Waals surface area contributed by atoms with Crippen molar-refractivity contribution in [1.82, 2.24) is 0 Å². The Morgan fingerprint density at radius 2 is 1.42 bits per heavy atom. The maximum atomic E-state index is 15.2. The molecule has 4 aliphatic rings. The molecule has 9 atom stereocenters. The fraction of sp³-hybridized carbons (Fsp3) is 0.511. The quantitative estimate of drug-likeness (QED) is 0.216. The molecule has 0 unspecified atom stereocenters. The molecule has 3 aromatic rings. The van der Waals surface area contributed by atoms with Gasteiger partial charge in [0.1, 0.15) is 17.8 Å². The lowest BCUT2D eigenvalue weighted by molar-refractivity contribution is -0.325. The van der Waals surface area contributed by atoms with Crippen molar-refractivity contribution in [1.29, 1.82) is 0 Å². The lowest BCUT2D eigenvalue weighted by atomic mass is 9.42. The number of rotatable bonds is 6. The third-order valence-corrected chi connectivity index (χ3v) is 19.2. The Balaban J connectivity index is 1.51. The van der Waals surface area contributed by atoms with Gasteiger partial charge in [0, 0.05) is 27.7 Å². The molecule has 1 aliphatic heterocycles. The number of hydrogen-bond acceptors (Lipinski definition) is 7. The number of Topliss-reactive ketones (excluding diaryl/α,β-unsaturated/α-hetero) is 1. The summed E-state index contributed by atoms with van der Waals surface area (Å²) < 4.78 is 21.1. The van der Waals surface area contributed by atoms with E-state index in [4.69, 9.17) is 13.9 Å². The topological polar surface area (TPSA) is 102 Å². The van der Waals surface area contributed by atoms with Crippen LogP contribution in [0.5, 0.6) is 0 Å². The van der Waals surface area contributed by atoms with Crippen molar-refractivity contribution in [3.63, 3.8) is 0 Å². The third-order valence-electron chi connectivity index (χ3n) is 14.1. The number of esters is 1. The van der Waals surface area contributed by atoms with Crippen molar-refractivity contribution in [2.75, 3.05) is 6.61 Å². The van der Waals surface area contributed by atoms with Crippen LogP contribution in [0.1, 0.15) is 85.5 Å². The van der Waals surface area contributed by atoms with E-state index in [9.17, 15) is 15.0 Å². The summed E-state index contributed by atoms with van der Waals surface area (Å²) >= 11 is 0. The first kappa shape index (κ1) is 37.9. The number of aliphatic hydroxyl groups is 2. The van der Waals surface area contributed by atoms with E-state index < -0.39 is 71.2 Å². The first-order valence-electron chi connectivity index (χ1n) is 19.2. The number of allylic oxidation sites excluding steroid dienone is 1. The number of fused-ring (bicyclic) bond motifs is 5. The van der Waals surface area contributed by atoms with Crippen molar-refractivity contribution < 1.29 is 33.7 Å². The van der Waals surface area contributed by atoms with E-state index in [-0.39, 0.29) is 18.4 Å². The molecule has 3 fully saturated rings. The third kappa shape index (κ3) is 5.34. The fourth-order valence-electron chi connectivity index (χ4n) is 11.0. The minimum Gasteiger partial charge on any atom is -0.455 e. The number of ether oxygens (including phenoxy) is 2. The van der Waals surface area contributed by atoms with Gasteiger partial charge >= 0.3 is 5.97 Å². The lowest BCUT2D eigenvalue weighted by Gasteiger charge is -2.69. The minimum atomic E-state index is -3.26. The molecular weight excluding hydrogens is 681 g/mol. The first-order chi connectivity index (χ1) is 24.9. The van der Waals surface area contributed by atoms with Crippen LogP contribution in [0.3, 0.4) is 0 Å². The molecular formula is C45H56O7Si. The van der Waals surface area contributed by atoms with E-state index in [1.54, 1.807) is 24.3 Å². The maximum absolute atomic E-state index is 15.2. The molecule has 0 spiro atoms. The van der Waals surface area contributed by atoms with Crippen molar-refractivity contribution in [2.24, 2.45) is 28.1 Å². The van der Waals surface area contributed by atoms with Gasteiger partial charge in [-0.2, -0.15) is 0 Å². The highest BCUT2D eigenvalue weighted by molar-refractivity contribution is 6.99. The Kier molecular flexibility index (Phi) is 9.18. The highest BCUT2D eigenvalue weighted by Crippen LogP contribution is 2.67. The van der Waals surface area contributed by atoms with Crippen LogP contribution >= 0.6 is 0 Å². The SMILES string of the molecule is CC1=C2C(=O)[C@H](O)[C@]3(C)[C@@H](O[Si](c4ccccc4)(c4ccccc4)C(C)(C)C)C[C@H]4OC[C@@]4(C)[C@H]3[C@H](OC(=O)c3ccccc3)[C@](O)(C[C@@H]1C)C2(C)C. The molecule has 3 aromatic carbocycles. The van der Waals surface area contributed by atoms with Crippen LogP contribution in [0, 0.1) is 28.1 Å². The minimum absolute atomic E-state index is 0.199. The van der Waals surface area contributed by atoms with Crippen LogP contribution in [0.25, 0.3) is 0 Å². The summed E-state index contributed by atoms with van der Waals surface area (Å²) in [7, 11) is -3.26. The molecule has 2 N–H and O–H groups in total. The molecule has 282 valence electrons. The summed E-state index contributed by atoms with van der Waals surface area (Å²) in [5.74, 6) is -1.88. The van der Waals surface area contributed by atoms with Gasteiger partial charge in [-0.3, -0.25) is 4.79 Å². The average molecular weight is 737 g/mol. The first-order valence-corrected chi connectivity index (χ1v) is 21.1. The molecule has 8 heteroatoms. The van der Waals surface area contributed by atoms with Crippen molar-refractivity contribution in [3.05, 3.63) is 108 Å². The zero-order valence-electron chi connectivity index (χ0n) is 32.7. The summed E-state index contributed by atoms with van der Waals surface area (Å²) in [5, 5.41) is 28.2. The van der Waals surface area contributed by atoms with Gasteiger partial charge in [-0.05, 0) is 53.2 Å². The molecule has 7 nitrogen and oxygen atoms in total. The highest BCUT2D eigenvalue weighted by atomic mass is 28.4. The van der Waals surface area contributed by atoms with Gasteiger partial charge in [0.15, 0.2) is 5.78 Å². The molecule has 1 heterocycles. The smallest absolute Gasteiger partial charge is 0.338 e. The van der Waals surface area contributed by atoms with Gasteiger partial charge in [-0.1, -0.05) is 140 Å². The molecule has 3 aliphatic carbocycles. The van der Waals surface area contributed by atoms with Gasteiger partial charge in [0.05, 0.1) is 24.4 Å². The lowest BCUT2D eigenvalue weighted by Crippen LogP contribution is -2.79. The summed E-state index contributed by atoms with van der Waals surface area (Å²) in [6.45, 7) is 18.7. The van der Waals surface area contributed by atoms with Crippen LogP contribution in [0.2, 0.25) is 5.04 Å². The summed E-state index contributed by atoms with van der Waals surface area (Å²) in [5.41, 5.74) is -3.19. The van der Waals surface area contributed by atoms with Crippen molar-refractivity contribution in [2.45, 2.75) is 110 Å². The van der Waals surface area contributed by atoms with Gasteiger partial charge in [0.25, 0.3) is 8.32 Å². The molecule has 2 saturated carbocycles. The van der Waals surface area contributed by atoms with E-state index in [1.807, 2.05) is 77.1 Å². The second-order valence-corrected chi connectivity index (χ2v) is 22.6. The van der Waals surface area contributed by atoms with E-state index in [0.29, 0.717) is 24.2 Å². The van der Waals surface area contributed by atoms with Crippen LogP contribution in [-0.4, -0.2) is 66.9 Å². The molecule has 7 rings (SSSR count). The zero-order valence-corrected chi connectivity index (χ0v) is 33.7. The normalized spacial score (nSPS) is 35.3. The van der Waals surface area contributed by atoms with Crippen LogP contribution in [0.4, 0.5) is 0 Å².